The Morgan fingerprint density at radius 2 is 2.04 bits per heavy atom. The lowest BCUT2D eigenvalue weighted by Crippen LogP contribution is -2.44. The Balaban J connectivity index is 1.69. The fourth-order valence-electron chi connectivity index (χ4n) is 3.91. The second-order valence-corrected chi connectivity index (χ2v) is 7.24. The number of aromatic nitrogens is 2. The molecule has 2 aliphatic heterocycles. The predicted molar refractivity (Wildman–Crippen MR) is 91.0 cm³/mol. The largest absolute Gasteiger partial charge is 0.396 e. The van der Waals surface area contributed by atoms with Crippen LogP contribution in [0.25, 0.3) is 0 Å². The molecule has 24 heavy (non-hydrogen) atoms. The second kappa shape index (κ2) is 7.23. The number of likely N-dealkylation sites (tertiary alicyclic amines) is 1. The monoisotopic (exact) mass is 335 g/mol. The quantitative estimate of drug-likeness (QED) is 0.916. The van der Waals surface area contributed by atoms with Crippen LogP contribution in [0.3, 0.4) is 0 Å². The van der Waals surface area contributed by atoms with Gasteiger partial charge in [-0.1, -0.05) is 6.92 Å². The molecule has 0 bridgehead atoms. The van der Waals surface area contributed by atoms with Crippen molar-refractivity contribution in [2.75, 3.05) is 32.9 Å². The third-order valence-electron chi connectivity index (χ3n) is 6.01. The van der Waals surface area contributed by atoms with Crippen LogP contribution in [0.2, 0.25) is 0 Å². The Bertz CT molecular complexity index is 564. The van der Waals surface area contributed by atoms with Crippen molar-refractivity contribution in [1.82, 2.24) is 14.7 Å². The molecule has 6 nitrogen and oxygen atoms in total. The van der Waals surface area contributed by atoms with Gasteiger partial charge in [-0.05, 0) is 44.4 Å². The van der Waals surface area contributed by atoms with Gasteiger partial charge in [-0.3, -0.25) is 9.48 Å². The van der Waals surface area contributed by atoms with Crippen LogP contribution in [0.5, 0.6) is 0 Å². The SMILES string of the molecule is CCC1(CO)CCN(C(=O)c2cnn(C3CCOCC3)c2C)CC1. The lowest BCUT2D eigenvalue weighted by Gasteiger charge is -2.40. The summed E-state index contributed by atoms with van der Waals surface area (Å²) in [6.07, 6.45) is 6.34. The zero-order valence-corrected chi connectivity index (χ0v) is 14.8. The van der Waals surface area contributed by atoms with Crippen molar-refractivity contribution in [3.05, 3.63) is 17.5 Å². The third kappa shape index (κ3) is 3.22. The highest BCUT2D eigenvalue weighted by Gasteiger charge is 2.35. The zero-order valence-electron chi connectivity index (χ0n) is 14.8. The first-order valence-electron chi connectivity index (χ1n) is 9.12. The van der Waals surface area contributed by atoms with Gasteiger partial charge in [0.15, 0.2) is 0 Å². The van der Waals surface area contributed by atoms with E-state index < -0.39 is 0 Å². The molecule has 1 amide bonds. The summed E-state index contributed by atoms with van der Waals surface area (Å²) >= 11 is 0. The van der Waals surface area contributed by atoms with E-state index >= 15 is 0 Å². The van der Waals surface area contributed by atoms with Crippen LogP contribution < -0.4 is 0 Å². The van der Waals surface area contributed by atoms with Gasteiger partial charge in [-0.25, -0.2) is 0 Å². The second-order valence-electron chi connectivity index (χ2n) is 7.24. The standard InChI is InChI=1S/C18H29N3O3/c1-3-18(13-22)6-8-20(9-7-18)17(23)16-12-19-21(14(16)2)15-4-10-24-11-5-15/h12,15,22H,3-11,13H2,1-2H3. The normalized spacial score (nSPS) is 21.9. The van der Waals surface area contributed by atoms with Gasteiger partial charge in [0.2, 0.25) is 0 Å². The molecule has 2 aliphatic rings. The van der Waals surface area contributed by atoms with Gasteiger partial charge in [0.05, 0.1) is 17.8 Å². The highest BCUT2D eigenvalue weighted by atomic mass is 16.5. The van der Waals surface area contributed by atoms with E-state index in [2.05, 4.69) is 12.0 Å². The number of aliphatic hydroxyl groups excluding tert-OH is 1. The molecule has 3 rings (SSSR count). The molecule has 2 fully saturated rings. The Kier molecular flexibility index (Phi) is 5.25. The van der Waals surface area contributed by atoms with E-state index in [4.69, 9.17) is 4.74 Å². The summed E-state index contributed by atoms with van der Waals surface area (Å²) in [5.41, 5.74) is 1.67. The molecule has 0 saturated carbocycles. The molecule has 0 spiro atoms. The molecule has 1 N–H and O–H groups in total. The Morgan fingerprint density at radius 1 is 1.38 bits per heavy atom. The highest BCUT2D eigenvalue weighted by Crippen LogP contribution is 2.35. The smallest absolute Gasteiger partial charge is 0.257 e. The van der Waals surface area contributed by atoms with E-state index in [-0.39, 0.29) is 17.9 Å². The van der Waals surface area contributed by atoms with E-state index in [1.165, 1.54) is 0 Å². The van der Waals surface area contributed by atoms with Gasteiger partial charge in [0.25, 0.3) is 5.91 Å². The number of carbonyl (C=O) groups excluding carboxylic acids is 1. The number of nitrogens with zero attached hydrogens (tertiary/aromatic N) is 3. The minimum absolute atomic E-state index is 0.00188. The third-order valence-corrected chi connectivity index (χ3v) is 6.01. The number of aliphatic hydroxyl groups is 1. The number of rotatable bonds is 4. The Labute approximate surface area is 143 Å². The molecule has 0 aromatic carbocycles. The minimum Gasteiger partial charge on any atom is -0.396 e. The molecule has 6 heteroatoms. The van der Waals surface area contributed by atoms with Crippen molar-refractivity contribution in [2.24, 2.45) is 5.41 Å². The highest BCUT2D eigenvalue weighted by molar-refractivity contribution is 5.95. The molecule has 0 aliphatic carbocycles. The lowest BCUT2D eigenvalue weighted by molar-refractivity contribution is 0.0337. The molecule has 134 valence electrons. The van der Waals surface area contributed by atoms with Crippen molar-refractivity contribution < 1.29 is 14.6 Å². The van der Waals surface area contributed by atoms with Crippen molar-refractivity contribution in [3.63, 3.8) is 0 Å². The number of piperidine rings is 1. The van der Waals surface area contributed by atoms with Crippen molar-refractivity contribution in [1.29, 1.82) is 0 Å². The topological polar surface area (TPSA) is 67.6 Å². The number of amides is 1. The van der Waals surface area contributed by atoms with E-state index in [1.54, 1.807) is 6.20 Å². The number of carbonyl (C=O) groups is 1. The van der Waals surface area contributed by atoms with Crippen LogP contribution in [0, 0.1) is 12.3 Å². The van der Waals surface area contributed by atoms with Gasteiger partial charge < -0.3 is 14.7 Å². The fraction of sp³-hybridized carbons (Fsp3) is 0.778. The molecular formula is C18H29N3O3. The van der Waals surface area contributed by atoms with Crippen LogP contribution in [0.4, 0.5) is 0 Å². The van der Waals surface area contributed by atoms with Crippen LogP contribution in [0.15, 0.2) is 6.20 Å². The summed E-state index contributed by atoms with van der Waals surface area (Å²) in [6, 6.07) is 0.337. The Hall–Kier alpha value is -1.40. The first kappa shape index (κ1) is 17.4. The Morgan fingerprint density at radius 3 is 2.62 bits per heavy atom. The van der Waals surface area contributed by atoms with Crippen LogP contribution >= 0.6 is 0 Å². The average Bonchev–Trinajstić information content (AvgIpc) is 3.03. The maximum Gasteiger partial charge on any atom is 0.257 e. The summed E-state index contributed by atoms with van der Waals surface area (Å²) in [7, 11) is 0. The summed E-state index contributed by atoms with van der Waals surface area (Å²) in [5, 5.41) is 14.1. The summed E-state index contributed by atoms with van der Waals surface area (Å²) < 4.78 is 7.42. The maximum absolute atomic E-state index is 12.9. The minimum atomic E-state index is -0.00188. The van der Waals surface area contributed by atoms with Gasteiger partial charge in [0.1, 0.15) is 0 Å². The average molecular weight is 335 g/mol. The molecule has 1 aromatic rings. The molecule has 3 heterocycles. The number of ether oxygens (including phenoxy) is 1. The molecule has 0 atom stereocenters. The van der Waals surface area contributed by atoms with E-state index in [0.29, 0.717) is 6.04 Å². The summed E-state index contributed by atoms with van der Waals surface area (Å²) in [5.74, 6) is 0.0773. The van der Waals surface area contributed by atoms with Gasteiger partial charge in [-0.15, -0.1) is 0 Å². The molecule has 2 saturated heterocycles. The van der Waals surface area contributed by atoms with Crippen molar-refractivity contribution >= 4 is 5.91 Å². The van der Waals surface area contributed by atoms with E-state index in [0.717, 1.165) is 69.7 Å². The zero-order chi connectivity index (χ0) is 17.2. The van der Waals surface area contributed by atoms with Gasteiger partial charge in [-0.2, -0.15) is 5.10 Å². The van der Waals surface area contributed by atoms with Crippen LogP contribution in [-0.2, 0) is 4.74 Å². The van der Waals surface area contributed by atoms with Crippen molar-refractivity contribution in [2.45, 2.75) is 52.0 Å². The number of hydrogen-bond acceptors (Lipinski definition) is 4. The fourth-order valence-corrected chi connectivity index (χ4v) is 3.91. The summed E-state index contributed by atoms with van der Waals surface area (Å²) in [6.45, 7) is 7.29. The van der Waals surface area contributed by atoms with Crippen LogP contribution in [-0.4, -0.2) is 58.6 Å². The van der Waals surface area contributed by atoms with E-state index in [1.807, 2.05) is 16.5 Å². The van der Waals surface area contributed by atoms with Gasteiger partial charge >= 0.3 is 0 Å². The molecule has 0 radical (unpaired) electrons. The van der Waals surface area contributed by atoms with Gasteiger partial charge in [0, 0.05) is 38.6 Å². The summed E-state index contributed by atoms with van der Waals surface area (Å²) in [4.78, 5) is 14.8. The first-order valence-corrected chi connectivity index (χ1v) is 9.12. The maximum atomic E-state index is 12.9. The molecule has 1 aromatic heterocycles. The lowest BCUT2D eigenvalue weighted by atomic mass is 9.77. The van der Waals surface area contributed by atoms with Crippen LogP contribution in [0.1, 0.15) is 61.1 Å². The van der Waals surface area contributed by atoms with Crippen molar-refractivity contribution in [3.8, 4) is 0 Å². The first-order chi connectivity index (χ1) is 11.6. The molecular weight excluding hydrogens is 306 g/mol. The number of hydrogen-bond donors (Lipinski definition) is 1. The van der Waals surface area contributed by atoms with E-state index in [9.17, 15) is 9.90 Å². The predicted octanol–water partition coefficient (Wildman–Crippen LogP) is 2.17. The molecule has 0 unspecified atom stereocenters.